The molecule has 3 rings (SSSR count). The van der Waals surface area contributed by atoms with Crippen molar-refractivity contribution >= 4 is 33.8 Å². The van der Waals surface area contributed by atoms with Crippen molar-refractivity contribution in [2.45, 2.75) is 6.42 Å². The van der Waals surface area contributed by atoms with E-state index in [4.69, 9.17) is 14.7 Å². The molecule has 1 saturated heterocycles. The van der Waals surface area contributed by atoms with Gasteiger partial charge in [-0.1, -0.05) is 0 Å². The third-order valence-electron chi connectivity index (χ3n) is 4.20. The molecule has 134 valence electrons. The Kier molecular flexibility index (Phi) is 5.09. The molecule has 0 saturated carbocycles. The van der Waals surface area contributed by atoms with Crippen LogP contribution in [0.1, 0.15) is 12.0 Å². The molecule has 2 heterocycles. The van der Waals surface area contributed by atoms with Crippen molar-refractivity contribution in [1.82, 2.24) is 0 Å². The summed E-state index contributed by atoms with van der Waals surface area (Å²) in [6, 6.07) is 8.85. The van der Waals surface area contributed by atoms with Crippen LogP contribution >= 0.6 is 11.3 Å². The van der Waals surface area contributed by atoms with E-state index in [1.165, 1.54) is 23.3 Å². The van der Waals surface area contributed by atoms with Crippen molar-refractivity contribution in [2.24, 2.45) is 5.92 Å². The van der Waals surface area contributed by atoms with Crippen molar-refractivity contribution in [2.75, 3.05) is 31.0 Å². The Morgan fingerprint density at radius 1 is 1.35 bits per heavy atom. The molecule has 0 radical (unpaired) electrons. The van der Waals surface area contributed by atoms with Crippen LogP contribution in [0.15, 0.2) is 29.6 Å². The highest BCUT2D eigenvalue weighted by Crippen LogP contribution is 2.36. The lowest BCUT2D eigenvalue weighted by Gasteiger charge is -2.20. The van der Waals surface area contributed by atoms with Gasteiger partial charge < -0.3 is 19.7 Å². The fourth-order valence-electron chi connectivity index (χ4n) is 2.83. The van der Waals surface area contributed by atoms with Crippen molar-refractivity contribution < 1.29 is 19.1 Å². The Bertz CT molecular complexity index is 887. The SMILES string of the molecule is COc1ccc(OC)c(N2C[C@@H](C(=O)Nc3sccc3C#N)CC2=O)c1. The number of benzene rings is 1. The summed E-state index contributed by atoms with van der Waals surface area (Å²) in [6.07, 6.45) is 0.0967. The highest BCUT2D eigenvalue weighted by atomic mass is 32.1. The number of hydrogen-bond donors (Lipinski definition) is 1. The number of carbonyl (C=O) groups excluding carboxylic acids is 2. The number of ether oxygens (including phenoxy) is 2. The van der Waals surface area contributed by atoms with Crippen molar-refractivity contribution in [1.29, 1.82) is 5.26 Å². The average Bonchev–Trinajstić information content (AvgIpc) is 3.27. The lowest BCUT2D eigenvalue weighted by atomic mass is 10.1. The van der Waals surface area contributed by atoms with Gasteiger partial charge in [-0.2, -0.15) is 5.26 Å². The molecule has 1 aromatic carbocycles. The first-order valence-corrected chi connectivity index (χ1v) is 8.76. The number of rotatable bonds is 5. The molecule has 2 amide bonds. The maximum Gasteiger partial charge on any atom is 0.230 e. The van der Waals surface area contributed by atoms with E-state index in [2.05, 4.69) is 5.32 Å². The summed E-state index contributed by atoms with van der Waals surface area (Å²) >= 11 is 1.28. The van der Waals surface area contributed by atoms with Gasteiger partial charge in [-0.3, -0.25) is 9.59 Å². The fourth-order valence-corrected chi connectivity index (χ4v) is 3.57. The molecule has 1 aliphatic rings. The van der Waals surface area contributed by atoms with Crippen LogP contribution in [0.3, 0.4) is 0 Å². The number of nitrogens with one attached hydrogen (secondary N) is 1. The highest BCUT2D eigenvalue weighted by molar-refractivity contribution is 7.14. The van der Waals surface area contributed by atoms with Crippen LogP contribution < -0.4 is 19.7 Å². The fraction of sp³-hybridized carbons (Fsp3) is 0.278. The zero-order valence-corrected chi connectivity index (χ0v) is 15.1. The van der Waals surface area contributed by atoms with Gasteiger partial charge in [0.05, 0.1) is 31.4 Å². The maximum atomic E-state index is 12.5. The zero-order chi connectivity index (χ0) is 18.7. The first kappa shape index (κ1) is 17.8. The zero-order valence-electron chi connectivity index (χ0n) is 14.3. The van der Waals surface area contributed by atoms with E-state index >= 15 is 0 Å². The van der Waals surface area contributed by atoms with E-state index < -0.39 is 5.92 Å². The lowest BCUT2D eigenvalue weighted by Crippen LogP contribution is -2.28. The van der Waals surface area contributed by atoms with E-state index in [9.17, 15) is 9.59 Å². The smallest absolute Gasteiger partial charge is 0.230 e. The second-order valence-electron chi connectivity index (χ2n) is 5.71. The summed E-state index contributed by atoms with van der Waals surface area (Å²) < 4.78 is 10.5. The van der Waals surface area contributed by atoms with Gasteiger partial charge in [0.25, 0.3) is 0 Å². The van der Waals surface area contributed by atoms with E-state index in [1.807, 2.05) is 6.07 Å². The topological polar surface area (TPSA) is 91.7 Å². The van der Waals surface area contributed by atoms with Crippen LogP contribution in [0.2, 0.25) is 0 Å². The normalized spacial score (nSPS) is 16.3. The number of nitrogens with zero attached hydrogens (tertiary/aromatic N) is 2. The van der Waals surface area contributed by atoms with Gasteiger partial charge in [-0.25, -0.2) is 0 Å². The molecule has 1 atom stereocenters. The van der Waals surface area contributed by atoms with Crippen molar-refractivity contribution in [3.63, 3.8) is 0 Å². The minimum absolute atomic E-state index is 0.0967. The monoisotopic (exact) mass is 371 g/mol. The molecule has 1 aliphatic heterocycles. The van der Waals surface area contributed by atoms with Crippen LogP contribution in [0.25, 0.3) is 0 Å². The van der Waals surface area contributed by atoms with Crippen LogP contribution in [0.4, 0.5) is 10.7 Å². The molecule has 0 unspecified atom stereocenters. The number of thiophene rings is 1. The molecule has 0 aliphatic carbocycles. The van der Waals surface area contributed by atoms with Crippen molar-refractivity contribution in [3.8, 4) is 17.6 Å². The van der Waals surface area contributed by atoms with E-state index in [1.54, 1.807) is 36.8 Å². The van der Waals surface area contributed by atoms with Crippen LogP contribution in [0, 0.1) is 17.2 Å². The van der Waals surface area contributed by atoms with E-state index in [0.717, 1.165) is 0 Å². The van der Waals surface area contributed by atoms with E-state index in [-0.39, 0.29) is 24.8 Å². The summed E-state index contributed by atoms with van der Waals surface area (Å²) in [4.78, 5) is 26.5. The minimum Gasteiger partial charge on any atom is -0.497 e. The Labute approximate surface area is 154 Å². The average molecular weight is 371 g/mol. The molecule has 7 nitrogen and oxygen atoms in total. The molecule has 1 fully saturated rings. The van der Waals surface area contributed by atoms with Crippen molar-refractivity contribution in [3.05, 3.63) is 35.2 Å². The number of hydrogen-bond acceptors (Lipinski definition) is 6. The first-order chi connectivity index (χ1) is 12.6. The van der Waals surface area contributed by atoms with Gasteiger partial charge in [0.15, 0.2) is 0 Å². The summed E-state index contributed by atoms with van der Waals surface area (Å²) in [6.45, 7) is 0.238. The number of carbonyl (C=O) groups is 2. The van der Waals surface area contributed by atoms with Crippen LogP contribution in [-0.2, 0) is 9.59 Å². The number of anilines is 2. The molecule has 2 aromatic rings. The standard InChI is InChI=1S/C18H17N3O4S/c1-24-13-3-4-15(25-2)14(8-13)21-10-12(7-16(21)22)17(23)20-18-11(9-19)5-6-26-18/h3-6,8,12H,7,10H2,1-2H3,(H,20,23)/t12-/m0/s1. The molecule has 26 heavy (non-hydrogen) atoms. The Balaban J connectivity index is 1.79. The van der Waals surface area contributed by atoms with Gasteiger partial charge in [0.2, 0.25) is 11.8 Å². The summed E-state index contributed by atoms with van der Waals surface area (Å²) in [5, 5.41) is 14.0. The predicted molar refractivity (Wildman–Crippen MR) is 97.7 cm³/mol. The van der Waals surface area contributed by atoms with Gasteiger partial charge in [0.1, 0.15) is 22.6 Å². The summed E-state index contributed by atoms with van der Waals surface area (Å²) in [5.41, 5.74) is 0.986. The van der Waals surface area contributed by atoms with Gasteiger partial charge in [-0.15, -0.1) is 11.3 Å². The minimum atomic E-state index is -0.507. The number of nitriles is 1. The molecular weight excluding hydrogens is 354 g/mol. The molecule has 0 spiro atoms. The van der Waals surface area contributed by atoms with Gasteiger partial charge in [-0.05, 0) is 23.6 Å². The second kappa shape index (κ2) is 7.45. The van der Waals surface area contributed by atoms with Crippen LogP contribution in [-0.4, -0.2) is 32.6 Å². The molecule has 1 N–H and O–H groups in total. The Morgan fingerprint density at radius 3 is 2.85 bits per heavy atom. The van der Waals surface area contributed by atoms with Gasteiger partial charge >= 0.3 is 0 Å². The Morgan fingerprint density at radius 2 is 2.15 bits per heavy atom. The molecule has 8 heteroatoms. The molecule has 0 bridgehead atoms. The third-order valence-corrected chi connectivity index (χ3v) is 5.02. The summed E-state index contributed by atoms with van der Waals surface area (Å²) in [7, 11) is 3.07. The lowest BCUT2D eigenvalue weighted by molar-refractivity contribution is -0.122. The second-order valence-corrected chi connectivity index (χ2v) is 6.62. The third kappa shape index (κ3) is 3.34. The molecular formula is C18H17N3O4S. The Hall–Kier alpha value is -3.05. The maximum absolute atomic E-state index is 12.5. The number of amides is 2. The highest BCUT2D eigenvalue weighted by Gasteiger charge is 2.36. The largest absolute Gasteiger partial charge is 0.497 e. The summed E-state index contributed by atoms with van der Waals surface area (Å²) in [5.74, 6) is 0.182. The molecule has 1 aromatic heterocycles. The van der Waals surface area contributed by atoms with E-state index in [0.29, 0.717) is 27.8 Å². The van der Waals surface area contributed by atoms with Crippen LogP contribution in [0.5, 0.6) is 11.5 Å². The first-order valence-electron chi connectivity index (χ1n) is 7.88. The quantitative estimate of drug-likeness (QED) is 0.872. The predicted octanol–water partition coefficient (Wildman–Crippen LogP) is 2.63. The van der Waals surface area contributed by atoms with Gasteiger partial charge in [0, 0.05) is 19.0 Å². The number of methoxy groups -OCH3 is 2.